The summed E-state index contributed by atoms with van der Waals surface area (Å²) in [5.74, 6) is -4.64. The molecule has 0 saturated carbocycles. The molecule has 8 N–H and O–H groups in total. The fourth-order valence-electron chi connectivity index (χ4n) is 10.2. The fraction of sp³-hybridized carbons (Fsp3) is 0.171. The number of carboxylic acid groups (broad SMARTS) is 3. The van der Waals surface area contributed by atoms with Crippen LogP contribution in [0.3, 0.4) is 0 Å². The number of carbonyl (C=O) groups is 7. The minimum absolute atomic E-state index is 0.0454. The Labute approximate surface area is 526 Å². The molecule has 92 heavy (non-hydrogen) atoms. The molecule has 3 aliphatic heterocycles. The summed E-state index contributed by atoms with van der Waals surface area (Å²) >= 11 is 0. The van der Waals surface area contributed by atoms with Crippen LogP contribution < -0.4 is 41.5 Å². The summed E-state index contributed by atoms with van der Waals surface area (Å²) in [5.41, 5.74) is 14.6. The summed E-state index contributed by atoms with van der Waals surface area (Å²) in [7, 11) is 11.5. The zero-order valence-corrected chi connectivity index (χ0v) is 51.0. The van der Waals surface area contributed by atoms with Crippen molar-refractivity contribution in [2.24, 2.45) is 5.73 Å². The standard InChI is InChI=1S/C32H29N3O4.C29H25N3O7.C8H9NO2.CO2/c1-33-18-21-9-12-25-28(15-21)39-29-17-23(35(2)3)11-14-26(29)30(25)24-13-10-22(16-27(24)32(37)38)31(36)34-19-20-7-5-4-6-8-20;1-30-15-16-4-7-20-23(12-16)38-24-14-18(31(2)3)6-9-21(24)27(20)19-8-5-17(13-22(19)28(35)36)29(37)39-32-25(33)10-11-26(32)34;9-5-6-1-3-7(4-2-6)8(10)11;2-1-3/h4-17,33H,18-19H2,1-3H3,(H-,34,36,37,38);4-9,12-14,30H,10-11,15H2,1-3H3;1-4H,5,9H2,(H,10,11);/p+2. The SMILES string of the molecule is CNCc1ccc2c(-c3ccc(C(=O)NCc4ccccc4)cc3C(=O)O)c3ccc(=[N+](C)C)cc-3oc2c1.CNCc1ccc2c(-c3ccc(C(=O)ON4C(=O)CCC4=O)cc3C(=O)O)c3ccc(=[N+](C)C)cc-3oc2c1.NCc1ccc(C(=O)O)cc1.O=C=O. The monoisotopic (exact) mass is 1240 g/mol. The quantitative estimate of drug-likeness (QED) is 0.0293. The highest BCUT2D eigenvalue weighted by molar-refractivity contribution is 6.11. The van der Waals surface area contributed by atoms with Gasteiger partial charge in [0.2, 0.25) is 10.7 Å². The van der Waals surface area contributed by atoms with Crippen LogP contribution in [0.15, 0.2) is 173 Å². The number of fused-ring (bicyclic) bond motifs is 4. The minimum atomic E-state index is -1.26. The molecule has 1 fully saturated rings. The summed E-state index contributed by atoms with van der Waals surface area (Å²) in [5, 5.41) is 41.9. The molecule has 6 aromatic carbocycles. The van der Waals surface area contributed by atoms with Crippen LogP contribution in [0.2, 0.25) is 0 Å². The van der Waals surface area contributed by atoms with E-state index in [0.717, 1.165) is 49.5 Å². The predicted molar refractivity (Wildman–Crippen MR) is 341 cm³/mol. The topological polar surface area (TPSA) is 321 Å². The van der Waals surface area contributed by atoms with E-state index in [4.69, 9.17) is 34.1 Å². The highest BCUT2D eigenvalue weighted by atomic mass is 16.7. The van der Waals surface area contributed by atoms with E-state index in [9.17, 15) is 43.8 Å². The molecule has 0 spiro atoms. The van der Waals surface area contributed by atoms with Gasteiger partial charge in [-0.3, -0.25) is 14.4 Å². The molecule has 0 aromatic heterocycles. The zero-order valence-electron chi connectivity index (χ0n) is 51.0. The number of rotatable bonds is 15. The lowest BCUT2D eigenvalue weighted by Gasteiger charge is -2.18. The van der Waals surface area contributed by atoms with Crippen LogP contribution in [-0.4, -0.2) is 110 Å². The van der Waals surface area contributed by atoms with Gasteiger partial charge < -0.3 is 50.7 Å². The summed E-state index contributed by atoms with van der Waals surface area (Å²) in [6, 6.07) is 48.3. The summed E-state index contributed by atoms with van der Waals surface area (Å²) in [6.45, 7) is 2.09. The number of amides is 3. The van der Waals surface area contributed by atoms with Crippen molar-refractivity contribution in [1.29, 1.82) is 0 Å². The van der Waals surface area contributed by atoms with E-state index >= 15 is 0 Å². The van der Waals surface area contributed by atoms with Gasteiger partial charge in [-0.1, -0.05) is 78.9 Å². The smallest absolute Gasteiger partial charge is 0.373 e. The van der Waals surface area contributed by atoms with Crippen molar-refractivity contribution in [3.05, 3.63) is 225 Å². The Hall–Kier alpha value is -11.6. The van der Waals surface area contributed by atoms with Crippen LogP contribution in [0.4, 0.5) is 0 Å². The van der Waals surface area contributed by atoms with Gasteiger partial charge in [-0.25, -0.2) is 28.3 Å². The number of aromatic carboxylic acids is 3. The number of hydrogen-bond donors (Lipinski definition) is 7. The molecule has 22 nitrogen and oxygen atoms in total. The third kappa shape index (κ3) is 15.5. The number of nitrogens with zero attached hydrogens (tertiary/aromatic N) is 3. The van der Waals surface area contributed by atoms with E-state index in [-0.39, 0.29) is 47.2 Å². The number of hydrogen-bond acceptors (Lipinski definition) is 15. The van der Waals surface area contributed by atoms with E-state index < -0.39 is 35.7 Å². The van der Waals surface area contributed by atoms with E-state index in [1.807, 2.05) is 155 Å². The number of carboxylic acids is 3. The van der Waals surface area contributed by atoms with Crippen molar-refractivity contribution >= 4 is 69.7 Å². The molecule has 3 heterocycles. The Morgan fingerprint density at radius 3 is 1.39 bits per heavy atom. The molecule has 0 unspecified atom stereocenters. The lowest BCUT2D eigenvalue weighted by atomic mass is 9.89. The number of benzene rings is 8. The van der Waals surface area contributed by atoms with Gasteiger partial charge in [0, 0.05) is 89.7 Å². The van der Waals surface area contributed by atoms with Crippen LogP contribution >= 0.6 is 0 Å². The summed E-state index contributed by atoms with van der Waals surface area (Å²) in [6.07, 6.45) is 0.159. The first kappa shape index (κ1) is 66.4. The molecule has 5 aliphatic rings. The van der Waals surface area contributed by atoms with Crippen molar-refractivity contribution in [2.45, 2.75) is 39.0 Å². The summed E-state index contributed by atoms with van der Waals surface area (Å²) < 4.78 is 16.6. The molecule has 0 bridgehead atoms. The second-order valence-electron chi connectivity index (χ2n) is 21.4. The molecule has 1 saturated heterocycles. The molecule has 0 atom stereocenters. The summed E-state index contributed by atoms with van der Waals surface area (Å²) in [4.78, 5) is 106. The fourth-order valence-corrected chi connectivity index (χ4v) is 10.2. The Bertz CT molecular complexity index is 4580. The van der Waals surface area contributed by atoms with Gasteiger partial charge in [0.05, 0.1) is 34.4 Å². The van der Waals surface area contributed by atoms with Crippen LogP contribution in [0, 0.1) is 0 Å². The Morgan fingerprint density at radius 2 is 0.957 bits per heavy atom. The maximum atomic E-state index is 12.9. The number of carbonyl (C=O) groups excluding carboxylic acids is 6. The highest BCUT2D eigenvalue weighted by Crippen LogP contribution is 2.43. The van der Waals surface area contributed by atoms with E-state index in [2.05, 4.69) is 16.0 Å². The van der Waals surface area contributed by atoms with Gasteiger partial charge in [0.25, 0.3) is 17.7 Å². The highest BCUT2D eigenvalue weighted by Gasteiger charge is 2.34. The first-order valence-corrected chi connectivity index (χ1v) is 28.6. The van der Waals surface area contributed by atoms with Crippen LogP contribution in [0.1, 0.15) is 86.9 Å². The third-order valence-corrected chi connectivity index (χ3v) is 14.8. The Morgan fingerprint density at radius 1 is 0.522 bits per heavy atom. The van der Waals surface area contributed by atoms with Crippen molar-refractivity contribution in [3.8, 4) is 44.9 Å². The average Bonchev–Trinajstić information content (AvgIpc) is 0.828. The Kier molecular flexibility index (Phi) is 21.7. The van der Waals surface area contributed by atoms with Crippen molar-refractivity contribution in [2.75, 3.05) is 42.3 Å². The maximum absolute atomic E-state index is 12.9. The lowest BCUT2D eigenvalue weighted by Crippen LogP contribution is -2.32. The number of imide groups is 1. The zero-order chi connectivity index (χ0) is 66.3. The van der Waals surface area contributed by atoms with Gasteiger partial charge >= 0.3 is 30.0 Å². The molecule has 468 valence electrons. The number of hydroxylamine groups is 2. The van der Waals surface area contributed by atoms with Gasteiger partial charge in [0.15, 0.2) is 0 Å². The van der Waals surface area contributed by atoms with Crippen LogP contribution in [0.5, 0.6) is 0 Å². The molecule has 6 aromatic rings. The predicted octanol–water partition coefficient (Wildman–Crippen LogP) is 7.72. The lowest BCUT2D eigenvalue weighted by molar-refractivity contribution is -0.191. The van der Waals surface area contributed by atoms with E-state index in [0.29, 0.717) is 87.1 Å². The van der Waals surface area contributed by atoms with Crippen molar-refractivity contribution in [3.63, 3.8) is 0 Å². The molecule has 2 aliphatic carbocycles. The molecular formula is C70H65N7O15+2. The number of nitrogens with two attached hydrogens (primary N) is 1. The van der Waals surface area contributed by atoms with Gasteiger partial charge in [0.1, 0.15) is 50.9 Å². The Balaban J connectivity index is 0.000000196. The first-order chi connectivity index (χ1) is 44.2. The third-order valence-electron chi connectivity index (χ3n) is 14.8. The van der Waals surface area contributed by atoms with Gasteiger partial charge in [-0.05, 0) is 108 Å². The van der Waals surface area contributed by atoms with Crippen LogP contribution in [0.25, 0.3) is 66.8 Å². The van der Waals surface area contributed by atoms with Crippen LogP contribution in [-0.2, 0) is 50.2 Å². The molecule has 22 heteroatoms. The van der Waals surface area contributed by atoms with Crippen molar-refractivity contribution < 1.29 is 72.1 Å². The van der Waals surface area contributed by atoms with Gasteiger partial charge in [-0.2, -0.15) is 9.59 Å². The van der Waals surface area contributed by atoms with E-state index in [1.54, 1.807) is 36.4 Å². The van der Waals surface area contributed by atoms with Crippen molar-refractivity contribution in [1.82, 2.24) is 30.2 Å². The molecule has 11 rings (SSSR count). The number of nitrogens with one attached hydrogen (secondary N) is 3. The van der Waals surface area contributed by atoms with Gasteiger partial charge in [-0.15, -0.1) is 5.06 Å². The minimum Gasteiger partial charge on any atom is -0.478 e. The largest absolute Gasteiger partial charge is 0.478 e. The first-order valence-electron chi connectivity index (χ1n) is 28.6. The average molecular weight is 1240 g/mol. The second kappa shape index (κ2) is 30.1. The molecule has 3 amide bonds. The molecule has 0 radical (unpaired) electrons. The normalized spacial score (nSPS) is 11.6. The molecular weight excluding hydrogens is 1180 g/mol. The van der Waals surface area contributed by atoms with E-state index in [1.165, 1.54) is 24.3 Å². The second-order valence-corrected chi connectivity index (χ2v) is 21.4. The maximum Gasteiger partial charge on any atom is 0.373 e.